The van der Waals surface area contributed by atoms with Crippen molar-refractivity contribution in [2.45, 2.75) is 11.4 Å². The van der Waals surface area contributed by atoms with E-state index in [-0.39, 0.29) is 18.1 Å². The van der Waals surface area contributed by atoms with Crippen LogP contribution >= 0.6 is 11.8 Å². The number of hydrogen-bond acceptors (Lipinski definition) is 6. The van der Waals surface area contributed by atoms with E-state index in [2.05, 4.69) is 5.32 Å². The van der Waals surface area contributed by atoms with Crippen LogP contribution in [0.1, 0.15) is 0 Å². The maximum atomic E-state index is 12.1. The van der Waals surface area contributed by atoms with Crippen LogP contribution in [-0.4, -0.2) is 56.7 Å². The fourth-order valence-corrected chi connectivity index (χ4v) is 3.68. The molecule has 0 saturated carbocycles. The summed E-state index contributed by atoms with van der Waals surface area (Å²) in [6.07, 6.45) is 0. The molecule has 1 unspecified atom stereocenters. The van der Waals surface area contributed by atoms with Crippen LogP contribution in [0.3, 0.4) is 0 Å². The summed E-state index contributed by atoms with van der Waals surface area (Å²) in [5.74, 6) is -2.17. The third kappa shape index (κ3) is 2.90. The van der Waals surface area contributed by atoms with Crippen LogP contribution < -0.4 is 10.1 Å². The Hall–Kier alpha value is -2.68. The van der Waals surface area contributed by atoms with E-state index < -0.39 is 34.9 Å². The fourth-order valence-electron chi connectivity index (χ4n) is 2.48. The number of nitrogens with one attached hydrogen (secondary N) is 1. The van der Waals surface area contributed by atoms with E-state index in [1.165, 1.54) is 11.8 Å². The molecule has 3 rings (SSSR count). The number of carboxylic acids is 1. The molecule has 0 aliphatic carbocycles. The van der Waals surface area contributed by atoms with Crippen LogP contribution in [0, 0.1) is 0 Å². The Morgan fingerprint density at radius 1 is 1.33 bits per heavy atom. The molecule has 0 spiro atoms. The van der Waals surface area contributed by atoms with Gasteiger partial charge in [-0.15, -0.1) is 11.8 Å². The summed E-state index contributed by atoms with van der Waals surface area (Å²) in [5, 5.41) is 20.7. The summed E-state index contributed by atoms with van der Waals surface area (Å²) in [7, 11) is 0. The number of benzene rings is 1. The zero-order valence-corrected chi connectivity index (χ0v) is 13.2. The van der Waals surface area contributed by atoms with Gasteiger partial charge in [-0.05, 0) is 12.1 Å². The first-order valence-electron chi connectivity index (χ1n) is 7.06. The Labute approximate surface area is 141 Å². The van der Waals surface area contributed by atoms with E-state index in [1.54, 1.807) is 24.3 Å². The van der Waals surface area contributed by atoms with Crippen molar-refractivity contribution < 1.29 is 29.3 Å². The number of aliphatic carboxylic acids is 1. The van der Waals surface area contributed by atoms with E-state index in [0.717, 1.165) is 4.90 Å². The van der Waals surface area contributed by atoms with Gasteiger partial charge in [-0.2, -0.15) is 0 Å². The number of rotatable bonds is 5. The van der Waals surface area contributed by atoms with Gasteiger partial charge < -0.3 is 20.3 Å². The quantitative estimate of drug-likeness (QED) is 0.655. The minimum absolute atomic E-state index is 0.0724. The van der Waals surface area contributed by atoms with Gasteiger partial charge in [-0.3, -0.25) is 14.5 Å². The van der Waals surface area contributed by atoms with Crippen LogP contribution in [0.15, 0.2) is 41.8 Å². The predicted octanol–water partition coefficient (Wildman–Crippen LogP) is 0.320. The molecule has 2 amide bonds. The van der Waals surface area contributed by atoms with Crippen molar-refractivity contribution in [3.63, 3.8) is 0 Å². The van der Waals surface area contributed by atoms with Gasteiger partial charge in [0.2, 0.25) is 0 Å². The molecule has 8 nitrogen and oxygen atoms in total. The van der Waals surface area contributed by atoms with Crippen LogP contribution in [0.5, 0.6) is 5.75 Å². The van der Waals surface area contributed by atoms with Crippen molar-refractivity contribution in [1.29, 1.82) is 0 Å². The molecular formula is C15H14N2O6S. The number of aliphatic hydroxyl groups is 1. The summed E-state index contributed by atoms with van der Waals surface area (Å²) < 4.78 is 5.30. The second kappa shape index (κ2) is 6.44. The number of carbonyl (C=O) groups is 3. The second-order valence-corrected chi connectivity index (χ2v) is 6.26. The molecule has 3 N–H and O–H groups in total. The highest BCUT2D eigenvalue weighted by Crippen LogP contribution is 2.39. The number of ether oxygens (including phenoxy) is 1. The van der Waals surface area contributed by atoms with Crippen molar-refractivity contribution in [3.8, 4) is 5.75 Å². The lowest BCUT2D eigenvalue weighted by atomic mass is 10.0. The first-order chi connectivity index (χ1) is 11.5. The number of fused-ring (bicyclic) bond motifs is 1. The lowest BCUT2D eigenvalue weighted by molar-refractivity contribution is -0.151. The molecule has 2 aliphatic rings. The summed E-state index contributed by atoms with van der Waals surface area (Å²) >= 11 is 1.19. The van der Waals surface area contributed by atoms with E-state index in [4.69, 9.17) is 9.84 Å². The highest BCUT2D eigenvalue weighted by molar-refractivity contribution is 8.00. The standard InChI is InChI=1S/C15H14N2O6S/c18-9-7-24-14-11(13(20)17(14)12(9)15(21)22)16-10(19)6-23-8-4-2-1-3-5-8/h1-5,11,14,18H,6-7H2,(H,16,19)(H,21,22)/t11?,14-/m1/s1. The van der Waals surface area contributed by atoms with Crippen LogP contribution in [-0.2, 0) is 14.4 Å². The number of carbonyl (C=O) groups excluding carboxylic acids is 2. The van der Waals surface area contributed by atoms with E-state index >= 15 is 0 Å². The van der Waals surface area contributed by atoms with Crippen molar-refractivity contribution in [1.82, 2.24) is 10.2 Å². The number of carboxylic acid groups (broad SMARTS) is 1. The van der Waals surface area contributed by atoms with Gasteiger partial charge in [0, 0.05) is 0 Å². The van der Waals surface area contributed by atoms with Gasteiger partial charge in [-0.25, -0.2) is 4.79 Å². The van der Waals surface area contributed by atoms with E-state index in [9.17, 15) is 19.5 Å². The minimum Gasteiger partial charge on any atom is -0.509 e. The smallest absolute Gasteiger partial charge is 0.356 e. The maximum Gasteiger partial charge on any atom is 0.356 e. The molecule has 9 heteroatoms. The largest absolute Gasteiger partial charge is 0.509 e. The number of thioether (sulfide) groups is 1. The summed E-state index contributed by atoms with van der Waals surface area (Å²) in [6, 6.07) is 7.93. The molecule has 126 valence electrons. The third-order valence-electron chi connectivity index (χ3n) is 3.58. The zero-order valence-electron chi connectivity index (χ0n) is 12.3. The monoisotopic (exact) mass is 350 g/mol. The van der Waals surface area contributed by atoms with Gasteiger partial charge in [0.25, 0.3) is 11.8 Å². The Balaban J connectivity index is 1.59. The molecule has 0 aromatic heterocycles. The van der Waals surface area contributed by atoms with Gasteiger partial charge in [0.1, 0.15) is 22.9 Å². The topological polar surface area (TPSA) is 116 Å². The average molecular weight is 350 g/mol. The zero-order chi connectivity index (χ0) is 17.3. The van der Waals surface area contributed by atoms with Crippen molar-refractivity contribution >= 4 is 29.5 Å². The van der Waals surface area contributed by atoms with Gasteiger partial charge in [-0.1, -0.05) is 18.2 Å². The molecule has 1 aromatic carbocycles. The van der Waals surface area contributed by atoms with Crippen molar-refractivity contribution in [2.75, 3.05) is 12.4 Å². The number of amides is 2. The van der Waals surface area contributed by atoms with Crippen LogP contribution in [0.4, 0.5) is 0 Å². The molecule has 2 atom stereocenters. The molecule has 24 heavy (non-hydrogen) atoms. The van der Waals surface area contributed by atoms with Crippen LogP contribution in [0.25, 0.3) is 0 Å². The molecule has 2 heterocycles. The lowest BCUT2D eigenvalue weighted by Crippen LogP contribution is -2.70. The number of aliphatic hydroxyl groups excluding tert-OH is 1. The number of β-lactam (4-membered cyclic amide) rings is 1. The Morgan fingerprint density at radius 2 is 2.04 bits per heavy atom. The summed E-state index contributed by atoms with van der Waals surface area (Å²) in [6.45, 7) is -0.252. The van der Waals surface area contributed by atoms with Gasteiger partial charge >= 0.3 is 5.97 Å². The number of nitrogens with zero attached hydrogens (tertiary/aromatic N) is 1. The average Bonchev–Trinajstić information content (AvgIpc) is 2.58. The molecule has 1 saturated heterocycles. The fraction of sp³-hybridized carbons (Fsp3) is 0.267. The maximum absolute atomic E-state index is 12.1. The van der Waals surface area contributed by atoms with Crippen LogP contribution in [0.2, 0.25) is 0 Å². The number of para-hydroxylation sites is 1. The predicted molar refractivity (Wildman–Crippen MR) is 84.3 cm³/mol. The third-order valence-corrected chi connectivity index (χ3v) is 4.84. The van der Waals surface area contributed by atoms with Gasteiger partial charge in [0.15, 0.2) is 12.3 Å². The van der Waals surface area contributed by atoms with Gasteiger partial charge in [0.05, 0.1) is 5.75 Å². The molecular weight excluding hydrogens is 336 g/mol. The highest BCUT2D eigenvalue weighted by atomic mass is 32.2. The van der Waals surface area contributed by atoms with Crippen molar-refractivity contribution in [2.24, 2.45) is 0 Å². The van der Waals surface area contributed by atoms with E-state index in [1.807, 2.05) is 6.07 Å². The molecule has 1 aromatic rings. The minimum atomic E-state index is -1.37. The lowest BCUT2D eigenvalue weighted by Gasteiger charge is -2.48. The first kappa shape index (κ1) is 16.2. The Morgan fingerprint density at radius 3 is 2.71 bits per heavy atom. The first-order valence-corrected chi connectivity index (χ1v) is 8.11. The van der Waals surface area contributed by atoms with Crippen molar-refractivity contribution in [3.05, 3.63) is 41.8 Å². The van der Waals surface area contributed by atoms with E-state index in [0.29, 0.717) is 5.75 Å². The molecule has 0 radical (unpaired) electrons. The Bertz CT molecular complexity index is 720. The number of hydrogen-bond donors (Lipinski definition) is 3. The summed E-state index contributed by atoms with van der Waals surface area (Å²) in [4.78, 5) is 36.2. The Kier molecular flexibility index (Phi) is 4.34. The normalized spacial score (nSPS) is 22.5. The second-order valence-electron chi connectivity index (χ2n) is 5.16. The molecule has 0 bridgehead atoms. The summed E-state index contributed by atoms with van der Waals surface area (Å²) in [5.41, 5.74) is -0.421. The SMILES string of the molecule is O=C(COc1ccccc1)NC1C(=O)N2C(C(=O)O)=C(O)CS[C@H]12. The molecule has 1 fully saturated rings. The highest BCUT2D eigenvalue weighted by Gasteiger charge is 2.54. The molecule has 2 aliphatic heterocycles.